The van der Waals surface area contributed by atoms with Gasteiger partial charge in [-0.3, -0.25) is 4.79 Å². The van der Waals surface area contributed by atoms with Crippen molar-refractivity contribution in [3.8, 4) is 5.75 Å². The van der Waals surface area contributed by atoms with Gasteiger partial charge in [-0.25, -0.2) is 0 Å². The smallest absolute Gasteiger partial charge is 0.387 e. The Morgan fingerprint density at radius 3 is 2.56 bits per heavy atom. The van der Waals surface area contributed by atoms with Crippen molar-refractivity contribution in [2.75, 3.05) is 0 Å². The lowest BCUT2D eigenvalue weighted by Gasteiger charge is -2.08. The number of alkyl halides is 3. The van der Waals surface area contributed by atoms with E-state index in [2.05, 4.69) is 20.7 Å². The number of rotatable bonds is 4. The number of ketones is 1. The molecule has 2 nitrogen and oxygen atoms in total. The minimum atomic E-state index is -2.85. The average molecular weight is 405 g/mol. The monoisotopic (exact) mass is 404 g/mol. The molecule has 1 unspecified atom stereocenters. The van der Waals surface area contributed by atoms with Gasteiger partial charge in [-0.2, -0.15) is 8.78 Å². The first-order chi connectivity index (χ1) is 7.41. The molecular weight excluding hydrogens is 397 g/mol. The Bertz CT molecular complexity index is 396. The molecule has 0 saturated heterocycles. The van der Waals surface area contributed by atoms with Crippen LogP contribution in [0.5, 0.6) is 5.75 Å². The minimum absolute atomic E-state index is 0.0539. The van der Waals surface area contributed by atoms with Crippen LogP contribution in [-0.2, 0) is 0 Å². The van der Waals surface area contributed by atoms with Crippen LogP contribution in [0.15, 0.2) is 18.2 Å². The number of hydrogen-bond donors (Lipinski definition) is 0. The Hall–Kier alpha value is -0.240. The van der Waals surface area contributed by atoms with E-state index in [-0.39, 0.29) is 16.4 Å². The number of benzene rings is 1. The van der Waals surface area contributed by atoms with Crippen molar-refractivity contribution in [2.24, 2.45) is 0 Å². The fourth-order valence-electron chi connectivity index (χ4n) is 1.09. The molecule has 1 aromatic rings. The quantitative estimate of drug-likeness (QED) is 0.432. The maximum atomic E-state index is 11.9. The zero-order chi connectivity index (χ0) is 12.3. The van der Waals surface area contributed by atoms with E-state index in [1.165, 1.54) is 18.2 Å². The number of Topliss-reactive ketones (excluding diaryl/α,β-unsaturated/α-hetero) is 1. The normalized spacial score (nSPS) is 12.6. The van der Waals surface area contributed by atoms with E-state index in [0.717, 1.165) is 0 Å². The molecule has 0 aromatic heterocycles. The van der Waals surface area contributed by atoms with Gasteiger partial charge in [0.1, 0.15) is 5.75 Å². The molecule has 1 aromatic carbocycles. The van der Waals surface area contributed by atoms with Gasteiger partial charge >= 0.3 is 6.61 Å². The Morgan fingerprint density at radius 2 is 2.12 bits per heavy atom. The Balaban J connectivity index is 2.96. The summed E-state index contributed by atoms with van der Waals surface area (Å²) in [5, 5.41) is 0. The Morgan fingerprint density at radius 1 is 1.50 bits per heavy atom. The standard InChI is InChI=1S/C10H8BrF2IO2/c1-5(11)9(15)7-3-2-6(4-8(7)14)16-10(12)13/h2-5,10H,1H3. The number of carbonyl (C=O) groups excluding carboxylic acids is 1. The second-order valence-electron chi connectivity index (χ2n) is 3.00. The van der Waals surface area contributed by atoms with Crippen molar-refractivity contribution in [1.82, 2.24) is 0 Å². The molecule has 0 aliphatic rings. The van der Waals surface area contributed by atoms with Crippen LogP contribution in [-0.4, -0.2) is 17.2 Å². The number of halogens is 4. The van der Waals surface area contributed by atoms with E-state index in [4.69, 9.17) is 0 Å². The van der Waals surface area contributed by atoms with Gasteiger partial charge in [0.15, 0.2) is 5.78 Å². The van der Waals surface area contributed by atoms with Crippen molar-refractivity contribution in [2.45, 2.75) is 18.4 Å². The van der Waals surface area contributed by atoms with E-state index in [1.54, 1.807) is 6.92 Å². The number of carbonyl (C=O) groups is 1. The van der Waals surface area contributed by atoms with Gasteiger partial charge in [-0.1, -0.05) is 15.9 Å². The van der Waals surface area contributed by atoms with Crippen LogP contribution in [0, 0.1) is 3.57 Å². The first-order valence-corrected chi connectivity index (χ1v) is 6.34. The molecule has 0 radical (unpaired) electrons. The molecule has 0 heterocycles. The lowest BCUT2D eigenvalue weighted by molar-refractivity contribution is -0.0498. The highest BCUT2D eigenvalue weighted by molar-refractivity contribution is 14.1. The minimum Gasteiger partial charge on any atom is -0.435 e. The molecule has 88 valence electrons. The summed E-state index contributed by atoms with van der Waals surface area (Å²) < 4.78 is 28.7. The van der Waals surface area contributed by atoms with E-state index in [0.29, 0.717) is 9.13 Å². The lowest BCUT2D eigenvalue weighted by atomic mass is 10.1. The van der Waals surface area contributed by atoms with E-state index < -0.39 is 6.61 Å². The predicted octanol–water partition coefficient (Wildman–Crippen LogP) is 3.86. The third-order valence-electron chi connectivity index (χ3n) is 1.79. The van der Waals surface area contributed by atoms with Gasteiger partial charge in [-0.15, -0.1) is 0 Å². The third-order valence-corrected chi connectivity index (χ3v) is 3.10. The molecule has 0 saturated carbocycles. The van der Waals surface area contributed by atoms with Crippen molar-refractivity contribution >= 4 is 44.3 Å². The number of ether oxygens (including phenoxy) is 1. The SMILES string of the molecule is CC(Br)C(=O)c1ccc(OC(F)F)cc1I. The summed E-state index contributed by atoms with van der Waals surface area (Å²) >= 11 is 5.08. The van der Waals surface area contributed by atoms with E-state index in [1.807, 2.05) is 22.6 Å². The van der Waals surface area contributed by atoms with Crippen molar-refractivity contribution in [3.05, 3.63) is 27.3 Å². The first-order valence-electron chi connectivity index (χ1n) is 4.34. The second kappa shape index (κ2) is 5.90. The molecule has 0 amide bonds. The maximum Gasteiger partial charge on any atom is 0.387 e. The van der Waals surface area contributed by atoms with Gasteiger partial charge < -0.3 is 4.74 Å². The average Bonchev–Trinajstić information content (AvgIpc) is 2.15. The zero-order valence-corrected chi connectivity index (χ0v) is 12.0. The molecule has 0 bridgehead atoms. The molecule has 0 spiro atoms. The fourth-order valence-corrected chi connectivity index (χ4v) is 2.09. The van der Waals surface area contributed by atoms with Crippen LogP contribution in [0.2, 0.25) is 0 Å². The van der Waals surface area contributed by atoms with Crippen molar-refractivity contribution in [1.29, 1.82) is 0 Å². The Labute approximate surface area is 114 Å². The van der Waals surface area contributed by atoms with Crippen LogP contribution < -0.4 is 4.74 Å². The molecule has 0 fully saturated rings. The lowest BCUT2D eigenvalue weighted by Crippen LogP contribution is -2.12. The molecular formula is C10H8BrF2IO2. The molecule has 16 heavy (non-hydrogen) atoms. The molecule has 6 heteroatoms. The van der Waals surface area contributed by atoms with Crippen molar-refractivity contribution in [3.63, 3.8) is 0 Å². The first kappa shape index (κ1) is 13.8. The van der Waals surface area contributed by atoms with Gasteiger partial charge in [0, 0.05) is 9.13 Å². The topological polar surface area (TPSA) is 26.3 Å². The summed E-state index contributed by atoms with van der Waals surface area (Å²) in [6.07, 6.45) is 0. The Kier molecular flexibility index (Phi) is 5.10. The van der Waals surface area contributed by atoms with Gasteiger partial charge in [0.2, 0.25) is 0 Å². The summed E-state index contributed by atoms with van der Waals surface area (Å²) in [5.41, 5.74) is 0.492. The summed E-state index contributed by atoms with van der Waals surface area (Å²) in [5.74, 6) is -0.0360. The molecule has 0 aliphatic carbocycles. The predicted molar refractivity (Wildman–Crippen MR) is 68.5 cm³/mol. The molecule has 1 rings (SSSR count). The van der Waals surface area contributed by atoms with Crippen LogP contribution in [0.25, 0.3) is 0 Å². The van der Waals surface area contributed by atoms with Crippen molar-refractivity contribution < 1.29 is 18.3 Å². The van der Waals surface area contributed by atoms with Crippen LogP contribution >= 0.6 is 38.5 Å². The van der Waals surface area contributed by atoms with Crippen LogP contribution in [0.3, 0.4) is 0 Å². The molecule has 0 N–H and O–H groups in total. The van der Waals surface area contributed by atoms with Gasteiger partial charge in [0.05, 0.1) is 4.83 Å². The highest BCUT2D eigenvalue weighted by Crippen LogP contribution is 2.23. The van der Waals surface area contributed by atoms with E-state index in [9.17, 15) is 13.6 Å². The van der Waals surface area contributed by atoms with Gasteiger partial charge in [0.25, 0.3) is 0 Å². The van der Waals surface area contributed by atoms with Gasteiger partial charge in [-0.05, 0) is 47.7 Å². The highest BCUT2D eigenvalue weighted by atomic mass is 127. The summed E-state index contributed by atoms with van der Waals surface area (Å²) in [7, 11) is 0. The third kappa shape index (κ3) is 3.65. The zero-order valence-electron chi connectivity index (χ0n) is 8.22. The second-order valence-corrected chi connectivity index (χ2v) is 5.54. The summed E-state index contributed by atoms with van der Waals surface area (Å²) in [6, 6.07) is 4.26. The van der Waals surface area contributed by atoms with Crippen LogP contribution in [0.1, 0.15) is 17.3 Å². The highest BCUT2D eigenvalue weighted by Gasteiger charge is 2.16. The molecule has 0 aliphatic heterocycles. The largest absolute Gasteiger partial charge is 0.435 e. The fraction of sp³-hybridized carbons (Fsp3) is 0.300. The molecule has 1 atom stereocenters. The van der Waals surface area contributed by atoms with E-state index >= 15 is 0 Å². The van der Waals surface area contributed by atoms with Crippen LogP contribution in [0.4, 0.5) is 8.78 Å². The summed E-state index contributed by atoms with van der Waals surface area (Å²) in [4.78, 5) is 11.4. The maximum absolute atomic E-state index is 11.9. The number of hydrogen-bond acceptors (Lipinski definition) is 2. The summed E-state index contributed by atoms with van der Waals surface area (Å²) in [6.45, 7) is -1.14.